The van der Waals surface area contributed by atoms with E-state index < -0.39 is 0 Å². The van der Waals surface area contributed by atoms with Gasteiger partial charge in [0, 0.05) is 27.9 Å². The molecule has 0 spiro atoms. The lowest BCUT2D eigenvalue weighted by molar-refractivity contribution is 0.486. The second-order valence-corrected chi connectivity index (χ2v) is 3.78. The van der Waals surface area contributed by atoms with Crippen molar-refractivity contribution in [3.8, 4) is 11.3 Å². The average Bonchev–Trinajstić information content (AvgIpc) is 2.61. The Morgan fingerprint density at radius 1 is 1.33 bits per heavy atom. The van der Waals surface area contributed by atoms with E-state index in [0.29, 0.717) is 4.80 Å². The van der Waals surface area contributed by atoms with Crippen LogP contribution in [0.2, 0.25) is 0 Å². The van der Waals surface area contributed by atoms with Gasteiger partial charge in [-0.15, -0.1) is 0 Å². The minimum Gasteiger partial charge on any atom is -0.436 e. The highest BCUT2D eigenvalue weighted by Crippen LogP contribution is 2.26. The lowest BCUT2D eigenvalue weighted by Gasteiger charge is -1.97. The highest BCUT2D eigenvalue weighted by molar-refractivity contribution is 9.10. The Labute approximate surface area is 95.3 Å². The van der Waals surface area contributed by atoms with Crippen molar-refractivity contribution in [2.75, 3.05) is 0 Å². The minimum absolute atomic E-state index is 0.251. The first-order valence-corrected chi connectivity index (χ1v) is 5.41. The van der Waals surface area contributed by atoms with Gasteiger partial charge in [0.15, 0.2) is 0 Å². The molecular weight excluding hydrogens is 261 g/mol. The SMILES string of the molecule is CCc1oc(Br)nc1-c1ccc(F)cc1. The van der Waals surface area contributed by atoms with Crippen LogP contribution < -0.4 is 0 Å². The Morgan fingerprint density at radius 3 is 2.60 bits per heavy atom. The van der Waals surface area contributed by atoms with Gasteiger partial charge in [-0.1, -0.05) is 6.92 Å². The summed E-state index contributed by atoms with van der Waals surface area (Å²) in [5, 5.41) is 0. The average molecular weight is 270 g/mol. The third-order valence-electron chi connectivity index (χ3n) is 2.11. The first-order valence-electron chi connectivity index (χ1n) is 4.62. The fourth-order valence-electron chi connectivity index (χ4n) is 1.40. The number of nitrogens with zero attached hydrogens (tertiary/aromatic N) is 1. The van der Waals surface area contributed by atoms with Crippen molar-refractivity contribution in [2.45, 2.75) is 13.3 Å². The van der Waals surface area contributed by atoms with Crippen molar-refractivity contribution in [3.05, 3.63) is 40.6 Å². The molecule has 0 fully saturated rings. The zero-order valence-electron chi connectivity index (χ0n) is 8.13. The number of hydrogen-bond acceptors (Lipinski definition) is 2. The molecule has 0 saturated carbocycles. The summed E-state index contributed by atoms with van der Waals surface area (Å²) in [6.07, 6.45) is 0.755. The Balaban J connectivity index is 2.48. The molecule has 0 unspecified atom stereocenters. The number of hydrogen-bond donors (Lipinski definition) is 0. The molecule has 4 heteroatoms. The van der Waals surface area contributed by atoms with Gasteiger partial charge in [0.05, 0.1) is 0 Å². The number of halogens is 2. The number of rotatable bonds is 2. The molecule has 1 aromatic carbocycles. The van der Waals surface area contributed by atoms with Gasteiger partial charge in [-0.3, -0.25) is 0 Å². The molecule has 0 amide bonds. The Hall–Kier alpha value is -1.16. The normalized spacial score (nSPS) is 10.6. The quantitative estimate of drug-likeness (QED) is 0.829. The zero-order chi connectivity index (χ0) is 10.8. The first kappa shape index (κ1) is 10.4. The molecule has 2 rings (SSSR count). The van der Waals surface area contributed by atoms with E-state index >= 15 is 0 Å². The summed E-state index contributed by atoms with van der Waals surface area (Å²) in [4.78, 5) is 4.67. The number of aryl methyl sites for hydroxylation is 1. The third-order valence-corrected chi connectivity index (χ3v) is 2.45. The van der Waals surface area contributed by atoms with Crippen LogP contribution >= 0.6 is 15.9 Å². The van der Waals surface area contributed by atoms with Gasteiger partial charge in [0.2, 0.25) is 0 Å². The van der Waals surface area contributed by atoms with Gasteiger partial charge in [-0.25, -0.2) is 9.37 Å². The number of benzene rings is 1. The predicted octanol–water partition coefficient (Wildman–Crippen LogP) is 3.81. The topological polar surface area (TPSA) is 26.0 Å². The standard InChI is InChI=1S/C11H9BrFNO/c1-2-9-10(14-11(12)15-9)7-3-5-8(13)6-4-7/h3-6H,2H2,1H3. The van der Waals surface area contributed by atoms with Gasteiger partial charge in [-0.05, 0) is 24.3 Å². The molecule has 0 aliphatic heterocycles. The second-order valence-electron chi connectivity index (χ2n) is 3.10. The molecule has 15 heavy (non-hydrogen) atoms. The Bertz CT molecular complexity index is 464. The van der Waals surface area contributed by atoms with Crippen LogP contribution in [0.5, 0.6) is 0 Å². The van der Waals surface area contributed by atoms with Crippen LogP contribution in [0.1, 0.15) is 12.7 Å². The summed E-state index contributed by atoms with van der Waals surface area (Å²) in [6, 6.07) is 6.21. The molecular formula is C11H9BrFNO. The van der Waals surface area contributed by atoms with E-state index in [2.05, 4.69) is 20.9 Å². The van der Waals surface area contributed by atoms with Gasteiger partial charge < -0.3 is 4.42 Å². The molecule has 0 atom stereocenters. The molecule has 1 heterocycles. The van der Waals surface area contributed by atoms with E-state index in [-0.39, 0.29) is 5.82 Å². The minimum atomic E-state index is -0.251. The maximum absolute atomic E-state index is 12.7. The Morgan fingerprint density at radius 2 is 2.00 bits per heavy atom. The van der Waals surface area contributed by atoms with Crippen molar-refractivity contribution in [1.29, 1.82) is 0 Å². The number of oxazole rings is 1. The largest absolute Gasteiger partial charge is 0.436 e. The van der Waals surface area contributed by atoms with E-state index in [0.717, 1.165) is 23.4 Å². The molecule has 2 nitrogen and oxygen atoms in total. The summed E-state index contributed by atoms with van der Waals surface area (Å²) in [6.45, 7) is 1.99. The molecule has 0 saturated heterocycles. The molecule has 0 N–H and O–H groups in total. The smallest absolute Gasteiger partial charge is 0.264 e. The highest BCUT2D eigenvalue weighted by atomic mass is 79.9. The van der Waals surface area contributed by atoms with Crippen molar-refractivity contribution in [2.24, 2.45) is 0 Å². The van der Waals surface area contributed by atoms with Crippen LogP contribution in [0.4, 0.5) is 4.39 Å². The van der Waals surface area contributed by atoms with Gasteiger partial charge in [-0.2, -0.15) is 0 Å². The maximum Gasteiger partial charge on any atom is 0.264 e. The molecule has 78 valence electrons. The van der Waals surface area contributed by atoms with Crippen LogP contribution in [0.3, 0.4) is 0 Å². The van der Waals surface area contributed by atoms with Gasteiger partial charge in [0.25, 0.3) is 4.80 Å². The van der Waals surface area contributed by atoms with Crippen LogP contribution in [0, 0.1) is 5.82 Å². The highest BCUT2D eigenvalue weighted by Gasteiger charge is 2.11. The molecule has 0 aliphatic rings. The van der Waals surface area contributed by atoms with Crippen LogP contribution in [-0.2, 0) is 6.42 Å². The first-order chi connectivity index (χ1) is 7.20. The van der Waals surface area contributed by atoms with Crippen LogP contribution in [-0.4, -0.2) is 4.98 Å². The lowest BCUT2D eigenvalue weighted by Crippen LogP contribution is -1.84. The van der Waals surface area contributed by atoms with Gasteiger partial charge in [0.1, 0.15) is 17.3 Å². The van der Waals surface area contributed by atoms with Gasteiger partial charge >= 0.3 is 0 Å². The van der Waals surface area contributed by atoms with E-state index in [9.17, 15) is 4.39 Å². The molecule has 0 bridgehead atoms. The molecule has 2 aromatic rings. The molecule has 0 radical (unpaired) electrons. The van der Waals surface area contributed by atoms with Crippen LogP contribution in [0.25, 0.3) is 11.3 Å². The van der Waals surface area contributed by atoms with E-state index in [1.807, 2.05) is 6.92 Å². The van der Waals surface area contributed by atoms with Crippen LogP contribution in [0.15, 0.2) is 33.5 Å². The summed E-state index contributed by atoms with van der Waals surface area (Å²) < 4.78 is 18.1. The van der Waals surface area contributed by atoms with Crippen molar-refractivity contribution in [1.82, 2.24) is 4.98 Å². The molecule has 1 aromatic heterocycles. The fraction of sp³-hybridized carbons (Fsp3) is 0.182. The summed E-state index contributed by atoms with van der Waals surface area (Å²) in [7, 11) is 0. The lowest BCUT2D eigenvalue weighted by atomic mass is 10.1. The monoisotopic (exact) mass is 269 g/mol. The fourth-order valence-corrected chi connectivity index (χ4v) is 1.77. The van der Waals surface area contributed by atoms with Crippen molar-refractivity contribution < 1.29 is 8.81 Å². The Kier molecular flexibility index (Phi) is 2.86. The molecule has 0 aliphatic carbocycles. The van der Waals surface area contributed by atoms with E-state index in [1.165, 1.54) is 12.1 Å². The third kappa shape index (κ3) is 2.09. The second kappa shape index (κ2) is 4.14. The van der Waals surface area contributed by atoms with Crippen molar-refractivity contribution >= 4 is 15.9 Å². The summed E-state index contributed by atoms with van der Waals surface area (Å²) in [5.41, 5.74) is 1.63. The summed E-state index contributed by atoms with van der Waals surface area (Å²) >= 11 is 3.18. The predicted molar refractivity (Wildman–Crippen MR) is 59.0 cm³/mol. The zero-order valence-corrected chi connectivity index (χ0v) is 9.71. The summed E-state index contributed by atoms with van der Waals surface area (Å²) in [5.74, 6) is 0.549. The van der Waals surface area contributed by atoms with Crippen molar-refractivity contribution in [3.63, 3.8) is 0 Å². The maximum atomic E-state index is 12.7. The van der Waals surface area contributed by atoms with E-state index in [1.54, 1.807) is 12.1 Å². The number of aromatic nitrogens is 1. The van der Waals surface area contributed by atoms with E-state index in [4.69, 9.17) is 4.42 Å².